The molecular formula is C13H14ClFO. The van der Waals surface area contributed by atoms with Crippen molar-refractivity contribution in [3.63, 3.8) is 0 Å². The Hall–Kier alpha value is -0.760. The smallest absolute Gasteiger partial charge is 0.124 e. The van der Waals surface area contributed by atoms with E-state index in [1.807, 2.05) is 0 Å². The zero-order valence-electron chi connectivity index (χ0n) is 9.17. The fraction of sp³-hybridized carbons (Fsp3) is 0.538. The van der Waals surface area contributed by atoms with Gasteiger partial charge in [0, 0.05) is 16.9 Å². The number of alkyl halides is 1. The third kappa shape index (κ3) is 1.36. The quantitative estimate of drug-likeness (QED) is 0.626. The van der Waals surface area contributed by atoms with Crippen LogP contribution in [0.3, 0.4) is 0 Å². The molecule has 3 heteroatoms. The van der Waals surface area contributed by atoms with Crippen LogP contribution in [0.25, 0.3) is 0 Å². The predicted molar refractivity (Wildman–Crippen MR) is 61.7 cm³/mol. The van der Waals surface area contributed by atoms with Crippen LogP contribution in [0, 0.1) is 5.82 Å². The Bertz CT molecular complexity index is 434. The topological polar surface area (TPSA) is 9.23 Å². The minimum absolute atomic E-state index is 0.0572. The van der Waals surface area contributed by atoms with Crippen LogP contribution in [-0.4, -0.2) is 11.0 Å². The van der Waals surface area contributed by atoms with Crippen molar-refractivity contribution < 1.29 is 9.13 Å². The maximum atomic E-state index is 13.3. The van der Waals surface area contributed by atoms with Crippen molar-refractivity contribution in [3.8, 4) is 5.75 Å². The number of ether oxygens (including phenoxy) is 1. The van der Waals surface area contributed by atoms with Crippen molar-refractivity contribution in [1.82, 2.24) is 0 Å². The monoisotopic (exact) mass is 240 g/mol. The Morgan fingerprint density at radius 3 is 3.12 bits per heavy atom. The molecule has 3 rings (SSSR count). The molecule has 1 heterocycles. The van der Waals surface area contributed by atoms with E-state index in [0.717, 1.165) is 30.6 Å². The number of hydrogen-bond acceptors (Lipinski definition) is 1. The first-order valence-corrected chi connectivity index (χ1v) is 6.16. The van der Waals surface area contributed by atoms with Crippen LogP contribution in [0.15, 0.2) is 18.2 Å². The predicted octanol–water partition coefficient (Wildman–Crippen LogP) is 3.85. The van der Waals surface area contributed by atoms with Crippen LogP contribution in [0.5, 0.6) is 5.75 Å². The molecule has 1 aromatic rings. The van der Waals surface area contributed by atoms with E-state index in [9.17, 15) is 4.39 Å². The third-order valence-electron chi connectivity index (χ3n) is 3.82. The standard InChI is InChI=1S/C13H14ClFO/c1-13-6-2-3-10(14)12(13)9-7-8(15)4-5-11(9)16-13/h4-5,7,10,12H,2-3,6H2,1H3. The highest BCUT2D eigenvalue weighted by Crippen LogP contribution is 2.53. The molecular weight excluding hydrogens is 227 g/mol. The second-order valence-electron chi connectivity index (χ2n) is 4.98. The molecule has 86 valence electrons. The van der Waals surface area contributed by atoms with Gasteiger partial charge >= 0.3 is 0 Å². The lowest BCUT2D eigenvalue weighted by molar-refractivity contribution is 0.0567. The first-order valence-electron chi connectivity index (χ1n) is 5.73. The molecule has 1 saturated carbocycles. The lowest BCUT2D eigenvalue weighted by Crippen LogP contribution is -2.42. The van der Waals surface area contributed by atoms with E-state index < -0.39 is 0 Å². The van der Waals surface area contributed by atoms with Gasteiger partial charge in [-0.2, -0.15) is 0 Å². The van der Waals surface area contributed by atoms with Crippen LogP contribution < -0.4 is 4.74 Å². The molecule has 2 aliphatic rings. The minimum atomic E-state index is -0.235. The Labute approximate surface area is 99.6 Å². The maximum Gasteiger partial charge on any atom is 0.124 e. The molecule has 1 nitrogen and oxygen atoms in total. The van der Waals surface area contributed by atoms with Gasteiger partial charge < -0.3 is 4.74 Å². The van der Waals surface area contributed by atoms with Gasteiger partial charge in [-0.1, -0.05) is 0 Å². The second kappa shape index (κ2) is 3.36. The Balaban J connectivity index is 2.11. The highest BCUT2D eigenvalue weighted by molar-refractivity contribution is 6.21. The van der Waals surface area contributed by atoms with Crippen LogP contribution >= 0.6 is 11.6 Å². The third-order valence-corrected chi connectivity index (χ3v) is 4.29. The summed E-state index contributed by atoms with van der Waals surface area (Å²) in [5, 5.41) is 0.0572. The van der Waals surface area contributed by atoms with E-state index in [1.165, 1.54) is 6.07 Å². The molecule has 16 heavy (non-hydrogen) atoms. The fourth-order valence-electron chi connectivity index (χ4n) is 3.10. The van der Waals surface area contributed by atoms with Gasteiger partial charge in [-0.25, -0.2) is 4.39 Å². The lowest BCUT2D eigenvalue weighted by Gasteiger charge is -2.38. The van der Waals surface area contributed by atoms with E-state index in [4.69, 9.17) is 16.3 Å². The first-order chi connectivity index (χ1) is 7.60. The van der Waals surface area contributed by atoms with Crippen LogP contribution in [-0.2, 0) is 0 Å². The van der Waals surface area contributed by atoms with Crippen molar-refractivity contribution in [2.75, 3.05) is 0 Å². The first kappa shape index (κ1) is 10.4. The summed E-state index contributed by atoms with van der Waals surface area (Å²) in [6.45, 7) is 2.09. The van der Waals surface area contributed by atoms with Gasteiger partial charge in [0.15, 0.2) is 0 Å². The molecule has 1 aromatic carbocycles. The molecule has 0 amide bonds. The average Bonchev–Trinajstić information content (AvgIpc) is 2.50. The normalized spacial score (nSPS) is 36.4. The van der Waals surface area contributed by atoms with Crippen LogP contribution in [0.1, 0.15) is 37.7 Å². The zero-order chi connectivity index (χ0) is 11.3. The summed E-state index contributed by atoms with van der Waals surface area (Å²) in [7, 11) is 0. The van der Waals surface area contributed by atoms with Crippen molar-refractivity contribution in [3.05, 3.63) is 29.6 Å². The Morgan fingerprint density at radius 1 is 1.50 bits per heavy atom. The second-order valence-corrected chi connectivity index (χ2v) is 5.54. The number of benzene rings is 1. The van der Waals surface area contributed by atoms with Gasteiger partial charge in [-0.05, 0) is 44.4 Å². The highest BCUT2D eigenvalue weighted by Gasteiger charge is 2.50. The summed E-state index contributed by atoms with van der Waals surface area (Å²) in [5.41, 5.74) is 0.711. The molecule has 0 N–H and O–H groups in total. The van der Waals surface area contributed by atoms with Crippen molar-refractivity contribution >= 4 is 11.6 Å². The number of fused-ring (bicyclic) bond motifs is 3. The minimum Gasteiger partial charge on any atom is -0.487 e. The highest BCUT2D eigenvalue weighted by atomic mass is 35.5. The molecule has 0 spiro atoms. The molecule has 1 fully saturated rings. The summed E-state index contributed by atoms with van der Waals surface area (Å²) in [5.74, 6) is 0.733. The SMILES string of the molecule is CC12CCCC(Cl)C1c1cc(F)ccc1O2. The molecule has 0 radical (unpaired) electrons. The van der Waals surface area contributed by atoms with Gasteiger partial charge in [-0.3, -0.25) is 0 Å². The summed E-state index contributed by atoms with van der Waals surface area (Å²) in [6, 6.07) is 4.74. The molecule has 0 saturated heterocycles. The summed E-state index contributed by atoms with van der Waals surface area (Å²) < 4.78 is 19.2. The zero-order valence-corrected chi connectivity index (χ0v) is 9.93. The van der Waals surface area contributed by atoms with E-state index in [-0.39, 0.29) is 22.7 Å². The molecule has 3 unspecified atom stereocenters. The lowest BCUT2D eigenvalue weighted by atomic mass is 9.74. The van der Waals surface area contributed by atoms with Gasteiger partial charge in [0.05, 0.1) is 0 Å². The van der Waals surface area contributed by atoms with Gasteiger partial charge in [0.1, 0.15) is 17.2 Å². The van der Waals surface area contributed by atoms with Crippen LogP contribution in [0.2, 0.25) is 0 Å². The van der Waals surface area contributed by atoms with E-state index in [1.54, 1.807) is 12.1 Å². The molecule has 1 aliphatic carbocycles. The summed E-state index contributed by atoms with van der Waals surface area (Å²) >= 11 is 6.38. The Morgan fingerprint density at radius 2 is 2.31 bits per heavy atom. The molecule has 3 atom stereocenters. The Kier molecular flexibility index (Phi) is 2.19. The van der Waals surface area contributed by atoms with Gasteiger partial charge in [-0.15, -0.1) is 11.6 Å². The van der Waals surface area contributed by atoms with Crippen molar-refractivity contribution in [2.24, 2.45) is 0 Å². The van der Waals surface area contributed by atoms with Crippen LogP contribution in [0.4, 0.5) is 4.39 Å². The van der Waals surface area contributed by atoms with E-state index >= 15 is 0 Å². The van der Waals surface area contributed by atoms with E-state index in [2.05, 4.69) is 6.92 Å². The average molecular weight is 241 g/mol. The van der Waals surface area contributed by atoms with Gasteiger partial charge in [0.25, 0.3) is 0 Å². The van der Waals surface area contributed by atoms with Gasteiger partial charge in [0.2, 0.25) is 0 Å². The number of halogens is 2. The van der Waals surface area contributed by atoms with Crippen molar-refractivity contribution in [1.29, 1.82) is 0 Å². The number of hydrogen-bond donors (Lipinski definition) is 0. The molecule has 1 aliphatic heterocycles. The fourth-order valence-corrected chi connectivity index (χ4v) is 3.65. The summed E-state index contributed by atoms with van der Waals surface area (Å²) in [4.78, 5) is 0. The number of rotatable bonds is 0. The molecule has 0 bridgehead atoms. The van der Waals surface area contributed by atoms with Crippen molar-refractivity contribution in [2.45, 2.75) is 43.1 Å². The maximum absolute atomic E-state index is 13.3. The summed E-state index contributed by atoms with van der Waals surface area (Å²) in [6.07, 6.45) is 3.07. The van der Waals surface area contributed by atoms with E-state index in [0.29, 0.717) is 0 Å². The largest absolute Gasteiger partial charge is 0.487 e. The molecule has 0 aromatic heterocycles.